The SMILES string of the molecule is CC(C)OCCCNC(=O)[C@H]1CC(=O)N(c2ccc(Cl)cc2)C1. The standard InChI is InChI=1S/C17H23ClN2O3/c1-12(2)23-9-3-8-19-17(22)13-10-16(21)20(11-13)15-6-4-14(18)5-7-15/h4-7,12-13H,3,8-11H2,1-2H3,(H,19,22)/t13-/m0/s1. The van der Waals surface area contributed by atoms with Crippen LogP contribution in [0.4, 0.5) is 5.69 Å². The highest BCUT2D eigenvalue weighted by Crippen LogP contribution is 2.26. The Morgan fingerprint density at radius 3 is 2.74 bits per heavy atom. The monoisotopic (exact) mass is 338 g/mol. The number of rotatable bonds is 7. The van der Waals surface area contributed by atoms with Crippen molar-refractivity contribution >= 4 is 29.1 Å². The number of nitrogens with zero attached hydrogens (tertiary/aromatic N) is 1. The first-order valence-electron chi connectivity index (χ1n) is 7.92. The molecule has 6 heteroatoms. The van der Waals surface area contributed by atoms with Gasteiger partial charge in [0.25, 0.3) is 0 Å². The lowest BCUT2D eigenvalue weighted by molar-refractivity contribution is -0.126. The van der Waals surface area contributed by atoms with Crippen molar-refractivity contribution in [1.29, 1.82) is 0 Å². The second-order valence-electron chi connectivity index (χ2n) is 5.95. The van der Waals surface area contributed by atoms with Gasteiger partial charge in [0.15, 0.2) is 0 Å². The number of benzene rings is 1. The summed E-state index contributed by atoms with van der Waals surface area (Å²) in [7, 11) is 0. The van der Waals surface area contributed by atoms with Gasteiger partial charge >= 0.3 is 0 Å². The van der Waals surface area contributed by atoms with E-state index >= 15 is 0 Å². The Morgan fingerprint density at radius 2 is 2.09 bits per heavy atom. The van der Waals surface area contributed by atoms with Crippen molar-refractivity contribution in [3.8, 4) is 0 Å². The van der Waals surface area contributed by atoms with Crippen LogP contribution in [0, 0.1) is 5.92 Å². The predicted octanol–water partition coefficient (Wildman–Crippen LogP) is 2.62. The molecule has 0 bridgehead atoms. The van der Waals surface area contributed by atoms with Crippen LogP contribution >= 0.6 is 11.6 Å². The van der Waals surface area contributed by atoms with Gasteiger partial charge in [0, 0.05) is 36.8 Å². The Morgan fingerprint density at radius 1 is 1.39 bits per heavy atom. The summed E-state index contributed by atoms with van der Waals surface area (Å²) in [6.45, 7) is 5.56. The number of halogens is 1. The number of anilines is 1. The summed E-state index contributed by atoms with van der Waals surface area (Å²) in [4.78, 5) is 25.9. The van der Waals surface area contributed by atoms with Gasteiger partial charge in [-0.05, 0) is 44.5 Å². The van der Waals surface area contributed by atoms with Gasteiger partial charge in [-0.15, -0.1) is 0 Å². The minimum atomic E-state index is -0.302. The lowest BCUT2D eigenvalue weighted by Gasteiger charge is -2.16. The van der Waals surface area contributed by atoms with Crippen LogP contribution in [-0.4, -0.2) is 37.6 Å². The van der Waals surface area contributed by atoms with Crippen molar-refractivity contribution in [3.63, 3.8) is 0 Å². The topological polar surface area (TPSA) is 58.6 Å². The smallest absolute Gasteiger partial charge is 0.227 e. The molecule has 0 unspecified atom stereocenters. The van der Waals surface area contributed by atoms with E-state index in [2.05, 4.69) is 5.32 Å². The van der Waals surface area contributed by atoms with Gasteiger partial charge in [0.2, 0.25) is 11.8 Å². The third-order valence-corrected chi connectivity index (χ3v) is 3.96. The summed E-state index contributed by atoms with van der Waals surface area (Å²) in [5, 5.41) is 3.50. The summed E-state index contributed by atoms with van der Waals surface area (Å²) in [5.41, 5.74) is 0.778. The van der Waals surface area contributed by atoms with Crippen molar-refractivity contribution in [2.24, 2.45) is 5.92 Å². The number of carbonyl (C=O) groups is 2. The van der Waals surface area contributed by atoms with Crippen LogP contribution in [0.3, 0.4) is 0 Å². The highest BCUT2D eigenvalue weighted by Gasteiger charge is 2.34. The summed E-state index contributed by atoms with van der Waals surface area (Å²) in [6.07, 6.45) is 1.22. The molecule has 1 aliphatic heterocycles. The van der Waals surface area contributed by atoms with Gasteiger partial charge in [-0.2, -0.15) is 0 Å². The van der Waals surface area contributed by atoms with Crippen LogP contribution in [0.1, 0.15) is 26.7 Å². The van der Waals surface area contributed by atoms with Crippen LogP contribution in [0.25, 0.3) is 0 Å². The highest BCUT2D eigenvalue weighted by atomic mass is 35.5. The second kappa shape index (κ2) is 8.31. The molecule has 1 atom stereocenters. The zero-order valence-electron chi connectivity index (χ0n) is 13.5. The first-order valence-corrected chi connectivity index (χ1v) is 8.30. The molecule has 5 nitrogen and oxygen atoms in total. The maximum Gasteiger partial charge on any atom is 0.227 e. The Kier molecular flexibility index (Phi) is 6.42. The van der Waals surface area contributed by atoms with Crippen LogP contribution in [0.15, 0.2) is 24.3 Å². The van der Waals surface area contributed by atoms with Gasteiger partial charge in [-0.25, -0.2) is 0 Å². The molecule has 1 aromatic rings. The molecule has 0 radical (unpaired) electrons. The Labute approximate surface area is 141 Å². The number of ether oxygens (including phenoxy) is 1. The van der Waals surface area contributed by atoms with E-state index in [1.165, 1.54) is 0 Å². The number of hydrogen-bond donors (Lipinski definition) is 1. The van der Waals surface area contributed by atoms with Crippen molar-refractivity contribution < 1.29 is 14.3 Å². The fraction of sp³-hybridized carbons (Fsp3) is 0.529. The zero-order valence-corrected chi connectivity index (χ0v) is 14.3. The summed E-state index contributed by atoms with van der Waals surface area (Å²) in [6, 6.07) is 7.08. The van der Waals surface area contributed by atoms with Gasteiger partial charge in [0.05, 0.1) is 12.0 Å². The maximum atomic E-state index is 12.2. The van der Waals surface area contributed by atoms with E-state index in [0.29, 0.717) is 24.7 Å². The number of hydrogen-bond acceptors (Lipinski definition) is 3. The normalized spacial score (nSPS) is 17.8. The van der Waals surface area contributed by atoms with E-state index < -0.39 is 0 Å². The summed E-state index contributed by atoms with van der Waals surface area (Å²) >= 11 is 5.86. The van der Waals surface area contributed by atoms with Crippen LogP contribution in [-0.2, 0) is 14.3 Å². The Hall–Kier alpha value is -1.59. The highest BCUT2D eigenvalue weighted by molar-refractivity contribution is 6.30. The van der Waals surface area contributed by atoms with Crippen molar-refractivity contribution in [3.05, 3.63) is 29.3 Å². The van der Waals surface area contributed by atoms with Crippen molar-refractivity contribution in [2.75, 3.05) is 24.6 Å². The molecule has 1 saturated heterocycles. The molecular weight excluding hydrogens is 316 g/mol. The number of carbonyl (C=O) groups excluding carboxylic acids is 2. The molecule has 126 valence electrons. The number of amides is 2. The van der Waals surface area contributed by atoms with E-state index in [0.717, 1.165) is 12.1 Å². The molecule has 0 aliphatic carbocycles. The molecule has 1 heterocycles. The average molecular weight is 339 g/mol. The summed E-state index contributed by atoms with van der Waals surface area (Å²) in [5.74, 6) is -0.404. The molecular formula is C17H23ClN2O3. The Bertz CT molecular complexity index is 545. The first-order chi connectivity index (χ1) is 11.0. The molecule has 23 heavy (non-hydrogen) atoms. The van der Waals surface area contributed by atoms with Crippen LogP contribution in [0.5, 0.6) is 0 Å². The largest absolute Gasteiger partial charge is 0.379 e. The van der Waals surface area contributed by atoms with Gasteiger partial charge in [-0.3, -0.25) is 9.59 Å². The Balaban J connectivity index is 1.80. The van der Waals surface area contributed by atoms with E-state index in [9.17, 15) is 9.59 Å². The van der Waals surface area contributed by atoms with E-state index in [1.807, 2.05) is 13.8 Å². The third kappa shape index (κ3) is 5.22. The number of nitrogens with one attached hydrogen (secondary N) is 1. The lowest BCUT2D eigenvalue weighted by Crippen LogP contribution is -2.34. The molecule has 0 spiro atoms. The molecule has 1 aliphatic rings. The summed E-state index contributed by atoms with van der Waals surface area (Å²) < 4.78 is 5.43. The maximum absolute atomic E-state index is 12.2. The molecule has 0 aromatic heterocycles. The van der Waals surface area contributed by atoms with E-state index in [4.69, 9.17) is 16.3 Å². The average Bonchev–Trinajstić information content (AvgIpc) is 2.89. The fourth-order valence-electron chi connectivity index (χ4n) is 2.50. The molecule has 1 fully saturated rings. The fourth-order valence-corrected chi connectivity index (χ4v) is 2.63. The van der Waals surface area contributed by atoms with Gasteiger partial charge < -0.3 is 15.0 Å². The van der Waals surface area contributed by atoms with E-state index in [1.54, 1.807) is 29.2 Å². The molecule has 2 rings (SSSR count). The quantitative estimate of drug-likeness (QED) is 0.777. The zero-order chi connectivity index (χ0) is 16.8. The second-order valence-corrected chi connectivity index (χ2v) is 6.38. The molecule has 2 amide bonds. The van der Waals surface area contributed by atoms with Crippen LogP contribution in [0.2, 0.25) is 5.02 Å². The molecule has 1 N–H and O–H groups in total. The predicted molar refractivity (Wildman–Crippen MR) is 90.6 cm³/mol. The van der Waals surface area contributed by atoms with Crippen molar-refractivity contribution in [1.82, 2.24) is 5.32 Å². The van der Waals surface area contributed by atoms with Gasteiger partial charge in [0.1, 0.15) is 0 Å². The third-order valence-electron chi connectivity index (χ3n) is 3.71. The minimum absolute atomic E-state index is 0.0318. The molecule has 1 aromatic carbocycles. The minimum Gasteiger partial charge on any atom is -0.379 e. The van der Waals surface area contributed by atoms with E-state index in [-0.39, 0.29) is 30.3 Å². The van der Waals surface area contributed by atoms with Crippen molar-refractivity contribution in [2.45, 2.75) is 32.8 Å². The first kappa shape index (κ1) is 17.8. The van der Waals surface area contributed by atoms with Gasteiger partial charge in [-0.1, -0.05) is 11.6 Å². The lowest BCUT2D eigenvalue weighted by atomic mass is 10.1. The molecule has 0 saturated carbocycles. The van der Waals surface area contributed by atoms with Crippen LogP contribution < -0.4 is 10.2 Å².